The summed E-state index contributed by atoms with van der Waals surface area (Å²) in [6.07, 6.45) is 1.35. The van der Waals surface area contributed by atoms with Gasteiger partial charge in [-0.05, 0) is 29.6 Å². The molecule has 0 aliphatic carbocycles. The Kier molecular flexibility index (Phi) is 4.74. The number of Topliss-reactive ketones (excluding diaryl/α,β-unsaturated/α-hetero) is 1. The number of fused-ring (bicyclic) bond motifs is 1. The van der Waals surface area contributed by atoms with Crippen LogP contribution in [0.15, 0.2) is 58.8 Å². The third-order valence-corrected chi connectivity index (χ3v) is 5.38. The fraction of sp³-hybridized carbons (Fsp3) is 0.0500. The molecule has 0 aliphatic heterocycles. The molecule has 28 heavy (non-hydrogen) atoms. The lowest BCUT2D eigenvalue weighted by Crippen LogP contribution is -2.25. The van der Waals surface area contributed by atoms with Gasteiger partial charge >= 0.3 is 0 Å². The molecule has 0 saturated carbocycles. The van der Waals surface area contributed by atoms with Crippen LogP contribution in [0.2, 0.25) is 5.15 Å². The van der Waals surface area contributed by atoms with Crippen molar-refractivity contribution in [2.45, 2.75) is 6.42 Å². The highest BCUT2D eigenvalue weighted by atomic mass is 35.5. The van der Waals surface area contributed by atoms with E-state index in [0.717, 1.165) is 0 Å². The monoisotopic (exact) mass is 406 g/mol. The van der Waals surface area contributed by atoms with Gasteiger partial charge in [-0.3, -0.25) is 14.2 Å². The second-order valence-electron chi connectivity index (χ2n) is 5.87. The fourth-order valence-corrected chi connectivity index (χ4v) is 3.90. The highest BCUT2D eigenvalue weighted by Gasteiger charge is 2.20. The van der Waals surface area contributed by atoms with E-state index in [2.05, 4.69) is 9.97 Å². The average Bonchev–Trinajstić information content (AvgIpc) is 3.18. The molecule has 0 radical (unpaired) electrons. The van der Waals surface area contributed by atoms with Gasteiger partial charge in [-0.25, -0.2) is 9.97 Å². The van der Waals surface area contributed by atoms with Gasteiger partial charge < -0.3 is 0 Å². The molecule has 8 heteroatoms. The van der Waals surface area contributed by atoms with Gasteiger partial charge in [0.15, 0.2) is 10.9 Å². The summed E-state index contributed by atoms with van der Waals surface area (Å²) in [4.78, 5) is 34.5. The van der Waals surface area contributed by atoms with Gasteiger partial charge in [-0.2, -0.15) is 5.26 Å². The minimum absolute atomic E-state index is 0.133. The number of hydrogen-bond acceptors (Lipinski definition) is 6. The Balaban J connectivity index is 1.90. The van der Waals surface area contributed by atoms with Crippen molar-refractivity contribution in [1.29, 1.82) is 5.26 Å². The molecule has 0 atom stereocenters. The van der Waals surface area contributed by atoms with Gasteiger partial charge in [-0.1, -0.05) is 29.8 Å². The number of aromatic nitrogens is 3. The van der Waals surface area contributed by atoms with Crippen LogP contribution in [0.25, 0.3) is 15.9 Å². The molecule has 0 amide bonds. The van der Waals surface area contributed by atoms with Gasteiger partial charge in [0.1, 0.15) is 10.5 Å². The molecule has 0 spiro atoms. The summed E-state index contributed by atoms with van der Waals surface area (Å²) < 4.78 is 1.79. The summed E-state index contributed by atoms with van der Waals surface area (Å²) in [6, 6.07) is 13.6. The molecule has 0 bridgehead atoms. The first kappa shape index (κ1) is 18.0. The largest absolute Gasteiger partial charge is 0.294 e. The topological polar surface area (TPSA) is 88.6 Å². The second kappa shape index (κ2) is 7.35. The Morgan fingerprint density at radius 2 is 2.04 bits per heavy atom. The van der Waals surface area contributed by atoms with E-state index in [4.69, 9.17) is 11.6 Å². The molecular weight excluding hydrogens is 396 g/mol. The number of rotatable bonds is 4. The van der Waals surface area contributed by atoms with Crippen LogP contribution in [0.1, 0.15) is 21.7 Å². The normalized spacial score (nSPS) is 10.7. The summed E-state index contributed by atoms with van der Waals surface area (Å²) in [5.74, 6) is -0.0732. The van der Waals surface area contributed by atoms with Crippen LogP contribution in [0.4, 0.5) is 0 Å². The predicted molar refractivity (Wildman–Crippen MR) is 107 cm³/mol. The van der Waals surface area contributed by atoms with Crippen LogP contribution in [-0.4, -0.2) is 20.3 Å². The van der Waals surface area contributed by atoms with Crippen LogP contribution in [0.5, 0.6) is 0 Å². The summed E-state index contributed by atoms with van der Waals surface area (Å²) in [5, 5.41) is 11.2. The summed E-state index contributed by atoms with van der Waals surface area (Å²) in [6.45, 7) is 0. The van der Waals surface area contributed by atoms with Crippen LogP contribution >= 0.6 is 22.9 Å². The third-order valence-electron chi connectivity index (χ3n) is 4.20. The van der Waals surface area contributed by atoms with Gasteiger partial charge in [0, 0.05) is 11.8 Å². The maximum Gasteiger partial charge on any atom is 0.276 e. The number of nitriles is 1. The quantitative estimate of drug-likeness (QED) is 0.380. The molecule has 0 N–H and O–H groups in total. The molecule has 0 fully saturated rings. The van der Waals surface area contributed by atoms with Crippen molar-refractivity contribution in [3.05, 3.63) is 86.5 Å². The van der Waals surface area contributed by atoms with E-state index >= 15 is 0 Å². The molecule has 3 heterocycles. The lowest BCUT2D eigenvalue weighted by molar-refractivity contribution is 0.0990. The minimum Gasteiger partial charge on any atom is -0.294 e. The smallest absolute Gasteiger partial charge is 0.276 e. The third kappa shape index (κ3) is 3.09. The number of benzene rings is 1. The maximum atomic E-state index is 13.1. The first-order chi connectivity index (χ1) is 13.6. The Morgan fingerprint density at radius 1 is 1.21 bits per heavy atom. The van der Waals surface area contributed by atoms with Crippen molar-refractivity contribution < 1.29 is 4.79 Å². The number of thiophene rings is 1. The van der Waals surface area contributed by atoms with Gasteiger partial charge in [-0.15, -0.1) is 11.3 Å². The average molecular weight is 407 g/mol. The molecule has 1 aromatic carbocycles. The van der Waals surface area contributed by atoms with Gasteiger partial charge in [0.05, 0.1) is 29.3 Å². The van der Waals surface area contributed by atoms with E-state index in [1.54, 1.807) is 47.8 Å². The minimum atomic E-state index is -0.314. The van der Waals surface area contributed by atoms with E-state index in [1.165, 1.54) is 22.1 Å². The number of nitrogens with zero attached hydrogens (tertiary/aromatic N) is 4. The Morgan fingerprint density at radius 3 is 2.82 bits per heavy atom. The number of hydrogen-bond donors (Lipinski definition) is 0. The first-order valence-electron chi connectivity index (χ1n) is 8.22. The lowest BCUT2D eigenvalue weighted by Gasteiger charge is -2.13. The molecular formula is C20H11ClN4O2S. The number of halogens is 1. The zero-order valence-corrected chi connectivity index (χ0v) is 15.9. The Labute approximate surface area is 168 Å². The van der Waals surface area contributed by atoms with Crippen LogP contribution in [0.3, 0.4) is 0 Å². The standard InChI is InChI=1S/C20H11ClN4O2S/c21-19-15(6-3-8-23-19)25-17(24-14-7-9-28-18(14)20(25)27)10-16(26)13-5-2-1-4-12(13)11-22/h1-9H,10H2. The first-order valence-corrected chi connectivity index (χ1v) is 9.48. The van der Waals surface area contributed by atoms with Crippen LogP contribution < -0.4 is 5.56 Å². The predicted octanol–water partition coefficient (Wildman–Crippen LogP) is 3.79. The number of ketones is 1. The molecule has 136 valence electrons. The van der Waals surface area contributed by atoms with Gasteiger partial charge in [0.2, 0.25) is 0 Å². The highest BCUT2D eigenvalue weighted by molar-refractivity contribution is 7.17. The summed E-state index contributed by atoms with van der Waals surface area (Å²) >= 11 is 7.48. The fourth-order valence-electron chi connectivity index (χ4n) is 2.93. The molecule has 3 aromatic heterocycles. The van der Waals surface area contributed by atoms with Crippen molar-refractivity contribution in [2.75, 3.05) is 0 Å². The van der Waals surface area contributed by atoms with Crippen molar-refractivity contribution in [2.24, 2.45) is 0 Å². The molecule has 4 rings (SSSR count). The Bertz CT molecular complexity index is 1320. The zero-order valence-electron chi connectivity index (χ0n) is 14.3. The molecule has 0 saturated heterocycles. The lowest BCUT2D eigenvalue weighted by atomic mass is 10.0. The van der Waals surface area contributed by atoms with E-state index in [0.29, 0.717) is 15.9 Å². The van der Waals surface area contributed by atoms with Crippen LogP contribution in [-0.2, 0) is 6.42 Å². The molecule has 6 nitrogen and oxygen atoms in total. The van der Waals surface area contributed by atoms with Gasteiger partial charge in [0.25, 0.3) is 5.56 Å². The van der Waals surface area contributed by atoms with E-state index in [1.807, 2.05) is 6.07 Å². The van der Waals surface area contributed by atoms with E-state index in [-0.39, 0.29) is 39.9 Å². The van der Waals surface area contributed by atoms with E-state index < -0.39 is 0 Å². The summed E-state index contributed by atoms with van der Waals surface area (Å²) in [7, 11) is 0. The second-order valence-corrected chi connectivity index (χ2v) is 7.15. The Hall–Kier alpha value is -3.34. The SMILES string of the molecule is N#Cc1ccccc1C(=O)Cc1nc2ccsc2c(=O)n1-c1cccnc1Cl. The molecule has 0 aliphatic rings. The molecule has 0 unspecified atom stereocenters. The number of carbonyl (C=O) groups is 1. The van der Waals surface area contributed by atoms with E-state index in [9.17, 15) is 14.9 Å². The van der Waals surface area contributed by atoms with Crippen molar-refractivity contribution in [3.8, 4) is 11.8 Å². The van der Waals surface area contributed by atoms with Crippen LogP contribution in [0, 0.1) is 11.3 Å². The zero-order chi connectivity index (χ0) is 19.7. The van der Waals surface area contributed by atoms with Crippen molar-refractivity contribution in [1.82, 2.24) is 14.5 Å². The molecule has 4 aromatic rings. The maximum absolute atomic E-state index is 13.1. The highest BCUT2D eigenvalue weighted by Crippen LogP contribution is 2.22. The van der Waals surface area contributed by atoms with Crippen molar-refractivity contribution >= 4 is 38.9 Å². The van der Waals surface area contributed by atoms with Crippen molar-refractivity contribution in [3.63, 3.8) is 0 Å². The summed E-state index contributed by atoms with van der Waals surface area (Å²) in [5.41, 5.74) is 1.12. The number of carbonyl (C=O) groups excluding carboxylic acids is 1. The number of pyridine rings is 1.